The SMILES string of the molecule is CCC(=O)CCCCCC(CNc1cccnc1)NC(=O)CCc1c[nH]c2ccccc12. The lowest BCUT2D eigenvalue weighted by Gasteiger charge is -2.20. The van der Waals surface area contributed by atoms with E-state index in [0.29, 0.717) is 38.0 Å². The number of amides is 1. The number of fused-ring (bicyclic) bond motifs is 1. The van der Waals surface area contributed by atoms with Crippen LogP contribution in [0.15, 0.2) is 55.0 Å². The maximum atomic E-state index is 12.7. The van der Waals surface area contributed by atoms with Gasteiger partial charge in [0.15, 0.2) is 0 Å². The number of pyridine rings is 1. The van der Waals surface area contributed by atoms with E-state index in [9.17, 15) is 9.59 Å². The molecule has 0 saturated carbocycles. The zero-order valence-corrected chi connectivity index (χ0v) is 18.9. The van der Waals surface area contributed by atoms with E-state index >= 15 is 0 Å². The highest BCUT2D eigenvalue weighted by molar-refractivity contribution is 5.84. The van der Waals surface area contributed by atoms with Crippen molar-refractivity contribution < 1.29 is 9.59 Å². The fourth-order valence-corrected chi connectivity index (χ4v) is 3.89. The molecule has 32 heavy (non-hydrogen) atoms. The van der Waals surface area contributed by atoms with Gasteiger partial charge in [0.05, 0.1) is 5.69 Å². The van der Waals surface area contributed by atoms with Crippen LogP contribution < -0.4 is 10.6 Å². The normalized spacial score (nSPS) is 11.9. The minimum absolute atomic E-state index is 0.0348. The number of ketones is 1. The van der Waals surface area contributed by atoms with Crippen molar-refractivity contribution in [2.75, 3.05) is 11.9 Å². The largest absolute Gasteiger partial charge is 0.382 e. The maximum absolute atomic E-state index is 12.7. The van der Waals surface area contributed by atoms with E-state index in [1.54, 1.807) is 12.4 Å². The first-order chi connectivity index (χ1) is 15.7. The molecule has 0 saturated heterocycles. The number of hydrogen-bond donors (Lipinski definition) is 3. The number of carbonyl (C=O) groups is 2. The van der Waals surface area contributed by atoms with Crippen molar-refractivity contribution in [1.29, 1.82) is 0 Å². The molecule has 6 nitrogen and oxygen atoms in total. The van der Waals surface area contributed by atoms with Gasteiger partial charge >= 0.3 is 0 Å². The number of para-hydroxylation sites is 1. The van der Waals surface area contributed by atoms with Crippen LogP contribution in [0.3, 0.4) is 0 Å². The van der Waals surface area contributed by atoms with Crippen LogP contribution in [0.2, 0.25) is 0 Å². The number of aryl methyl sites for hydroxylation is 1. The molecule has 1 atom stereocenters. The number of rotatable bonds is 14. The first kappa shape index (κ1) is 23.5. The summed E-state index contributed by atoms with van der Waals surface area (Å²) in [5, 5.41) is 7.76. The Bertz CT molecular complexity index is 984. The Kier molecular flexibility index (Phi) is 9.29. The summed E-state index contributed by atoms with van der Waals surface area (Å²) in [5.41, 5.74) is 3.21. The second-order valence-electron chi connectivity index (χ2n) is 8.24. The Morgan fingerprint density at radius 2 is 1.94 bits per heavy atom. The molecule has 170 valence electrons. The molecule has 1 amide bonds. The average Bonchev–Trinajstić information content (AvgIpc) is 3.24. The van der Waals surface area contributed by atoms with Crippen LogP contribution >= 0.6 is 0 Å². The van der Waals surface area contributed by atoms with Crippen molar-refractivity contribution in [3.05, 3.63) is 60.6 Å². The number of Topliss-reactive ketones (excluding diaryl/α,β-unsaturated/α-hetero) is 1. The van der Waals surface area contributed by atoms with Crippen molar-refractivity contribution in [3.63, 3.8) is 0 Å². The van der Waals surface area contributed by atoms with Crippen LogP contribution in [0.1, 0.15) is 57.4 Å². The van der Waals surface area contributed by atoms with Crippen molar-refractivity contribution in [3.8, 4) is 0 Å². The molecule has 1 aromatic carbocycles. The minimum Gasteiger partial charge on any atom is -0.382 e. The fraction of sp³-hybridized carbons (Fsp3) is 0.423. The zero-order valence-electron chi connectivity index (χ0n) is 18.9. The predicted octanol–water partition coefficient (Wildman–Crippen LogP) is 5.02. The Labute approximate surface area is 190 Å². The Morgan fingerprint density at radius 1 is 1.06 bits per heavy atom. The topological polar surface area (TPSA) is 86.9 Å². The highest BCUT2D eigenvalue weighted by atomic mass is 16.1. The second kappa shape index (κ2) is 12.6. The maximum Gasteiger partial charge on any atom is 0.220 e. The van der Waals surface area contributed by atoms with Crippen molar-refractivity contribution in [2.24, 2.45) is 0 Å². The first-order valence-electron chi connectivity index (χ1n) is 11.7. The van der Waals surface area contributed by atoms with Gasteiger partial charge in [-0.25, -0.2) is 0 Å². The average molecular weight is 435 g/mol. The summed E-state index contributed by atoms with van der Waals surface area (Å²) in [4.78, 5) is 31.6. The molecule has 0 spiro atoms. The van der Waals surface area contributed by atoms with Gasteiger partial charge in [0, 0.05) is 61.3 Å². The molecule has 6 heteroatoms. The van der Waals surface area contributed by atoms with Gasteiger partial charge < -0.3 is 15.6 Å². The lowest BCUT2D eigenvalue weighted by atomic mass is 10.0. The summed E-state index contributed by atoms with van der Waals surface area (Å²) in [6, 6.07) is 12.1. The van der Waals surface area contributed by atoms with Crippen LogP contribution in [0.4, 0.5) is 5.69 Å². The third kappa shape index (κ3) is 7.52. The quantitative estimate of drug-likeness (QED) is 0.311. The van der Waals surface area contributed by atoms with E-state index in [1.165, 1.54) is 10.9 Å². The number of unbranched alkanes of at least 4 members (excludes halogenated alkanes) is 2. The summed E-state index contributed by atoms with van der Waals surface area (Å²) < 4.78 is 0. The van der Waals surface area contributed by atoms with E-state index in [2.05, 4.69) is 26.7 Å². The van der Waals surface area contributed by atoms with Crippen LogP contribution in [-0.2, 0) is 16.0 Å². The third-order valence-electron chi connectivity index (χ3n) is 5.78. The molecule has 0 bridgehead atoms. The first-order valence-corrected chi connectivity index (χ1v) is 11.7. The lowest BCUT2D eigenvalue weighted by Crippen LogP contribution is -2.39. The highest BCUT2D eigenvalue weighted by Crippen LogP contribution is 2.19. The Morgan fingerprint density at radius 3 is 2.75 bits per heavy atom. The van der Waals surface area contributed by atoms with Crippen LogP contribution in [0.5, 0.6) is 0 Å². The molecule has 3 N–H and O–H groups in total. The van der Waals surface area contributed by atoms with Gasteiger partial charge in [0.1, 0.15) is 5.78 Å². The molecule has 0 fully saturated rings. The van der Waals surface area contributed by atoms with E-state index in [0.717, 1.165) is 36.9 Å². The number of benzene rings is 1. The van der Waals surface area contributed by atoms with Crippen molar-refractivity contribution in [1.82, 2.24) is 15.3 Å². The molecule has 1 unspecified atom stereocenters. The molecule has 0 aliphatic carbocycles. The standard InChI is InChI=1S/C26H34N4O2/c1-2-23(31)11-5-3-4-9-22(19-28-21-10-8-16-27-18-21)30-26(32)15-14-20-17-29-25-13-7-6-12-24(20)25/h6-8,10,12-13,16-18,22,28-29H,2-5,9,11,14-15,19H2,1H3,(H,30,32). The number of nitrogens with one attached hydrogen (secondary N) is 3. The van der Waals surface area contributed by atoms with Gasteiger partial charge in [-0.05, 0) is 43.0 Å². The van der Waals surface area contributed by atoms with Crippen molar-refractivity contribution >= 4 is 28.3 Å². The molecular formula is C26H34N4O2. The number of nitrogens with zero attached hydrogens (tertiary/aromatic N) is 1. The highest BCUT2D eigenvalue weighted by Gasteiger charge is 2.14. The van der Waals surface area contributed by atoms with Gasteiger partial charge in [-0.15, -0.1) is 0 Å². The van der Waals surface area contributed by atoms with E-state index in [4.69, 9.17) is 0 Å². The van der Waals surface area contributed by atoms with Crippen molar-refractivity contribution in [2.45, 2.75) is 64.3 Å². The lowest BCUT2D eigenvalue weighted by molar-refractivity contribution is -0.121. The molecule has 3 aromatic rings. The molecular weight excluding hydrogens is 400 g/mol. The summed E-state index contributed by atoms with van der Waals surface area (Å²) in [5.74, 6) is 0.389. The molecule has 2 heterocycles. The van der Waals surface area contributed by atoms with Gasteiger partial charge in [0.25, 0.3) is 0 Å². The third-order valence-corrected chi connectivity index (χ3v) is 5.78. The number of hydrogen-bond acceptors (Lipinski definition) is 4. The number of aromatic nitrogens is 2. The predicted molar refractivity (Wildman–Crippen MR) is 130 cm³/mol. The van der Waals surface area contributed by atoms with Gasteiger partial charge in [-0.2, -0.15) is 0 Å². The van der Waals surface area contributed by atoms with Crippen LogP contribution in [-0.4, -0.2) is 34.2 Å². The monoisotopic (exact) mass is 434 g/mol. The summed E-state index contributed by atoms with van der Waals surface area (Å²) in [6.07, 6.45) is 11.7. The Hall–Kier alpha value is -3.15. The van der Waals surface area contributed by atoms with Gasteiger partial charge in [0.2, 0.25) is 5.91 Å². The molecule has 0 aliphatic rings. The Balaban J connectivity index is 1.49. The van der Waals surface area contributed by atoms with Gasteiger partial charge in [-0.3, -0.25) is 14.6 Å². The smallest absolute Gasteiger partial charge is 0.220 e. The number of aromatic amines is 1. The summed E-state index contributed by atoms with van der Waals surface area (Å²) >= 11 is 0. The molecule has 2 aromatic heterocycles. The number of carbonyl (C=O) groups excluding carboxylic acids is 2. The second-order valence-corrected chi connectivity index (χ2v) is 8.24. The summed E-state index contributed by atoms with van der Waals surface area (Å²) in [6.45, 7) is 2.56. The van der Waals surface area contributed by atoms with E-state index in [-0.39, 0.29) is 11.9 Å². The van der Waals surface area contributed by atoms with E-state index in [1.807, 2.05) is 43.5 Å². The summed E-state index contributed by atoms with van der Waals surface area (Å²) in [7, 11) is 0. The van der Waals surface area contributed by atoms with Gasteiger partial charge in [-0.1, -0.05) is 38.0 Å². The molecule has 0 radical (unpaired) electrons. The minimum atomic E-state index is 0.0348. The number of H-pyrrole nitrogens is 1. The number of anilines is 1. The molecule has 0 aliphatic heterocycles. The van der Waals surface area contributed by atoms with E-state index < -0.39 is 0 Å². The molecule has 3 rings (SSSR count). The fourth-order valence-electron chi connectivity index (χ4n) is 3.89. The van der Waals surface area contributed by atoms with Crippen LogP contribution in [0, 0.1) is 0 Å². The van der Waals surface area contributed by atoms with Crippen LogP contribution in [0.25, 0.3) is 10.9 Å². The zero-order chi connectivity index (χ0) is 22.6.